The van der Waals surface area contributed by atoms with Gasteiger partial charge < -0.3 is 9.64 Å². The second kappa shape index (κ2) is 8.14. The summed E-state index contributed by atoms with van der Waals surface area (Å²) in [4.78, 5) is 14.1. The second-order valence-electron chi connectivity index (χ2n) is 8.83. The first-order chi connectivity index (χ1) is 14.4. The second-order valence-corrected chi connectivity index (χ2v) is 8.83. The number of nitrogens with zero attached hydrogens (tertiary/aromatic N) is 1. The molecule has 1 fully saturated rings. The quantitative estimate of drug-likeness (QED) is 0.531. The van der Waals surface area contributed by atoms with E-state index in [-0.39, 0.29) is 11.8 Å². The Morgan fingerprint density at radius 3 is 2.53 bits per heavy atom. The minimum atomic E-state index is -0.429. The van der Waals surface area contributed by atoms with Gasteiger partial charge in [0.2, 0.25) is 0 Å². The molecular weight excluding hydrogens is 377 g/mol. The van der Waals surface area contributed by atoms with E-state index in [4.69, 9.17) is 4.74 Å². The van der Waals surface area contributed by atoms with E-state index in [1.165, 1.54) is 30.2 Å². The van der Waals surface area contributed by atoms with Gasteiger partial charge in [0.25, 0.3) is 0 Å². The predicted octanol–water partition coefficient (Wildman–Crippen LogP) is 4.98. The summed E-state index contributed by atoms with van der Waals surface area (Å²) in [6, 6.07) is 11.9. The van der Waals surface area contributed by atoms with Crippen LogP contribution in [-0.2, 0) is 21.4 Å². The minimum Gasteiger partial charge on any atom is -0.466 e. The van der Waals surface area contributed by atoms with Crippen LogP contribution in [-0.4, -0.2) is 25.2 Å². The van der Waals surface area contributed by atoms with Crippen molar-refractivity contribution in [1.82, 2.24) is 0 Å². The maximum absolute atomic E-state index is 14.3. The molecule has 4 rings (SSSR count). The van der Waals surface area contributed by atoms with E-state index >= 15 is 0 Å². The highest BCUT2D eigenvalue weighted by molar-refractivity contribution is 5.72. The molecule has 0 atom stereocenters. The molecule has 0 amide bonds. The lowest BCUT2D eigenvalue weighted by Gasteiger charge is -2.40. The molecule has 1 heterocycles. The van der Waals surface area contributed by atoms with Crippen molar-refractivity contribution in [3.63, 3.8) is 0 Å². The molecule has 0 spiro atoms. The topological polar surface area (TPSA) is 29.5 Å². The minimum absolute atomic E-state index is 0.0647. The van der Waals surface area contributed by atoms with Gasteiger partial charge in [-0.15, -0.1) is 0 Å². The summed E-state index contributed by atoms with van der Waals surface area (Å²) in [6.07, 6.45) is 3.66. The summed E-state index contributed by atoms with van der Waals surface area (Å²) < 4.78 is 19.2. The van der Waals surface area contributed by atoms with E-state index in [0.29, 0.717) is 23.8 Å². The van der Waals surface area contributed by atoms with E-state index in [1.54, 1.807) is 19.1 Å². The number of ether oxygens (including phenoxy) is 1. The number of halogens is 1. The molecule has 2 aromatic carbocycles. The smallest absolute Gasteiger partial charge is 0.310 e. The van der Waals surface area contributed by atoms with E-state index in [9.17, 15) is 9.18 Å². The third-order valence-electron chi connectivity index (χ3n) is 6.04. The van der Waals surface area contributed by atoms with Crippen molar-refractivity contribution >= 4 is 11.7 Å². The molecule has 0 unspecified atom stereocenters. The van der Waals surface area contributed by atoms with Gasteiger partial charge in [-0.1, -0.05) is 31.8 Å². The van der Waals surface area contributed by atoms with E-state index in [0.717, 1.165) is 18.5 Å². The molecule has 30 heavy (non-hydrogen) atoms. The van der Waals surface area contributed by atoms with Crippen LogP contribution in [0.5, 0.6) is 0 Å². The van der Waals surface area contributed by atoms with Crippen molar-refractivity contribution in [2.45, 2.75) is 57.9 Å². The van der Waals surface area contributed by atoms with Crippen LogP contribution in [0.25, 0.3) is 0 Å². The largest absolute Gasteiger partial charge is 0.466 e. The van der Waals surface area contributed by atoms with E-state index in [2.05, 4.69) is 48.8 Å². The number of hydrogen-bond donors (Lipinski definition) is 0. The van der Waals surface area contributed by atoms with Crippen molar-refractivity contribution in [3.8, 4) is 11.8 Å². The molecule has 4 heteroatoms. The molecule has 2 aromatic rings. The van der Waals surface area contributed by atoms with Crippen molar-refractivity contribution in [3.05, 3.63) is 64.5 Å². The average Bonchev–Trinajstić information content (AvgIpc) is 3.54. The van der Waals surface area contributed by atoms with Crippen LogP contribution in [0, 0.1) is 17.7 Å². The van der Waals surface area contributed by atoms with Crippen LogP contribution in [0.1, 0.15) is 62.3 Å². The van der Waals surface area contributed by atoms with Crippen LogP contribution >= 0.6 is 0 Å². The zero-order chi connectivity index (χ0) is 21.3. The summed E-state index contributed by atoms with van der Waals surface area (Å²) in [6.45, 7) is 7.74. The molecule has 156 valence electrons. The lowest BCUT2D eigenvalue weighted by Crippen LogP contribution is -2.38. The Morgan fingerprint density at radius 2 is 1.87 bits per heavy atom. The summed E-state index contributed by atoms with van der Waals surface area (Å²) in [5.74, 6) is 5.40. The van der Waals surface area contributed by atoms with Crippen LogP contribution in [0.4, 0.5) is 10.1 Å². The van der Waals surface area contributed by atoms with Crippen LogP contribution in [0.15, 0.2) is 36.4 Å². The third-order valence-corrected chi connectivity index (χ3v) is 6.04. The van der Waals surface area contributed by atoms with Gasteiger partial charge in [0.05, 0.1) is 13.0 Å². The fraction of sp³-hybridized carbons (Fsp3) is 0.423. The maximum Gasteiger partial charge on any atom is 0.310 e. The first-order valence-electron chi connectivity index (χ1n) is 10.7. The lowest BCUT2D eigenvalue weighted by molar-refractivity contribution is -0.142. The highest BCUT2D eigenvalue weighted by atomic mass is 19.1. The Hall–Kier alpha value is -2.80. The van der Waals surface area contributed by atoms with Crippen LogP contribution in [0.2, 0.25) is 0 Å². The Bertz CT molecular complexity index is 1030. The first-order valence-corrected chi connectivity index (χ1v) is 10.7. The molecule has 3 nitrogen and oxygen atoms in total. The van der Waals surface area contributed by atoms with Gasteiger partial charge in [-0.2, -0.15) is 0 Å². The van der Waals surface area contributed by atoms with Gasteiger partial charge in [0.1, 0.15) is 5.82 Å². The SMILES string of the molecule is CCOC(=O)Cc1ccc(C#Cc2ccc3c(c2)C(C)(C)CCN3C2CC2)cc1F. The normalized spacial score (nSPS) is 17.0. The summed E-state index contributed by atoms with van der Waals surface area (Å²) in [7, 11) is 0. The van der Waals surface area contributed by atoms with Crippen molar-refractivity contribution < 1.29 is 13.9 Å². The predicted molar refractivity (Wildman–Crippen MR) is 117 cm³/mol. The van der Waals surface area contributed by atoms with Gasteiger partial charge in [-0.25, -0.2) is 4.39 Å². The van der Waals surface area contributed by atoms with Gasteiger partial charge >= 0.3 is 5.97 Å². The summed E-state index contributed by atoms with van der Waals surface area (Å²) >= 11 is 0. The summed E-state index contributed by atoms with van der Waals surface area (Å²) in [5, 5.41) is 0. The van der Waals surface area contributed by atoms with Gasteiger partial charge in [-0.05, 0) is 73.1 Å². The Labute approximate surface area is 178 Å². The number of benzene rings is 2. The van der Waals surface area contributed by atoms with Gasteiger partial charge in [-0.3, -0.25) is 4.79 Å². The van der Waals surface area contributed by atoms with Crippen molar-refractivity contribution in [2.75, 3.05) is 18.1 Å². The third kappa shape index (κ3) is 4.36. The fourth-order valence-electron chi connectivity index (χ4n) is 4.11. The number of anilines is 1. The molecule has 2 aliphatic rings. The molecule has 0 bridgehead atoms. The molecule has 0 aromatic heterocycles. The summed E-state index contributed by atoms with van der Waals surface area (Å²) in [5.41, 5.74) is 4.68. The highest BCUT2D eigenvalue weighted by Gasteiger charge is 2.37. The molecule has 1 aliphatic heterocycles. The molecular formula is C26H28FNO2. The Balaban J connectivity index is 1.56. The molecule has 0 radical (unpaired) electrons. The number of hydrogen-bond acceptors (Lipinski definition) is 3. The van der Waals surface area contributed by atoms with Crippen LogP contribution in [0.3, 0.4) is 0 Å². The number of fused-ring (bicyclic) bond motifs is 1. The maximum atomic E-state index is 14.3. The van der Waals surface area contributed by atoms with Crippen molar-refractivity contribution in [2.24, 2.45) is 0 Å². The first kappa shape index (κ1) is 20.5. The Morgan fingerprint density at radius 1 is 1.17 bits per heavy atom. The number of rotatable bonds is 4. The van der Waals surface area contributed by atoms with Gasteiger partial charge in [0, 0.05) is 29.4 Å². The monoisotopic (exact) mass is 405 g/mol. The number of esters is 1. The molecule has 1 saturated carbocycles. The lowest BCUT2D eigenvalue weighted by atomic mass is 9.77. The van der Waals surface area contributed by atoms with E-state index < -0.39 is 11.8 Å². The number of carbonyl (C=O) groups excluding carboxylic acids is 1. The zero-order valence-corrected chi connectivity index (χ0v) is 17.9. The standard InChI is InChI=1S/C26H28FNO2/c1-4-30-25(29)17-20-9-7-19(16-23(20)27)6-5-18-8-12-24-22(15-18)26(2,3)13-14-28(24)21-10-11-21/h7-9,12,15-16,21H,4,10-11,13-14,17H2,1-3H3. The van der Waals surface area contributed by atoms with Crippen LogP contribution < -0.4 is 4.90 Å². The zero-order valence-electron chi connectivity index (χ0n) is 17.9. The van der Waals surface area contributed by atoms with Crippen molar-refractivity contribution in [1.29, 1.82) is 0 Å². The highest BCUT2D eigenvalue weighted by Crippen LogP contribution is 2.44. The fourth-order valence-corrected chi connectivity index (χ4v) is 4.11. The van der Waals surface area contributed by atoms with Gasteiger partial charge in [0.15, 0.2) is 0 Å². The molecule has 0 N–H and O–H groups in total. The molecule has 1 aliphatic carbocycles. The van der Waals surface area contributed by atoms with E-state index in [1.807, 2.05) is 0 Å². The number of carbonyl (C=O) groups is 1. The molecule has 0 saturated heterocycles. The average molecular weight is 406 g/mol. The Kier molecular flexibility index (Phi) is 5.56.